The van der Waals surface area contributed by atoms with Gasteiger partial charge >= 0.3 is 0 Å². The van der Waals surface area contributed by atoms with Crippen molar-refractivity contribution in [3.05, 3.63) is 23.8 Å². The van der Waals surface area contributed by atoms with Crippen LogP contribution in [0.15, 0.2) is 23.2 Å². The molecule has 6 heteroatoms. The number of nitrogens with one attached hydrogen (secondary N) is 1. The van der Waals surface area contributed by atoms with E-state index in [1.807, 2.05) is 18.2 Å². The van der Waals surface area contributed by atoms with Crippen LogP contribution in [0, 0.1) is 0 Å². The van der Waals surface area contributed by atoms with Crippen molar-refractivity contribution >= 4 is 29.9 Å². The zero-order valence-corrected chi connectivity index (χ0v) is 17.0. The third kappa shape index (κ3) is 6.75. The normalized spacial score (nSPS) is 15.0. The first-order valence-electron chi connectivity index (χ1n) is 8.60. The fourth-order valence-corrected chi connectivity index (χ4v) is 2.72. The molecule has 0 radical (unpaired) electrons. The number of nitrogens with zero attached hydrogens (tertiary/aromatic N) is 1. The number of halogens is 1. The van der Waals surface area contributed by atoms with Crippen molar-refractivity contribution in [2.24, 2.45) is 10.7 Å². The lowest BCUT2D eigenvalue weighted by Gasteiger charge is -2.16. The molecule has 0 aromatic heterocycles. The Morgan fingerprint density at radius 1 is 1.29 bits per heavy atom. The summed E-state index contributed by atoms with van der Waals surface area (Å²) in [5, 5.41) is 3.12. The third-order valence-electron chi connectivity index (χ3n) is 4.09. The van der Waals surface area contributed by atoms with Crippen LogP contribution in [0.2, 0.25) is 0 Å². The van der Waals surface area contributed by atoms with Gasteiger partial charge in [-0.2, -0.15) is 0 Å². The molecule has 5 nitrogen and oxygen atoms in total. The summed E-state index contributed by atoms with van der Waals surface area (Å²) in [6, 6.07) is 5.96. The number of unbranched alkanes of at least 4 members (excludes halogenated alkanes) is 1. The number of guanidine groups is 1. The molecule has 0 atom stereocenters. The largest absolute Gasteiger partial charge is 0.493 e. The molecule has 1 aliphatic rings. The van der Waals surface area contributed by atoms with Gasteiger partial charge in [0.2, 0.25) is 0 Å². The second kappa shape index (κ2) is 11.4. The fourth-order valence-electron chi connectivity index (χ4n) is 2.72. The van der Waals surface area contributed by atoms with Crippen LogP contribution < -0.4 is 20.5 Å². The minimum atomic E-state index is 0. The first-order chi connectivity index (χ1) is 11.2. The molecule has 136 valence electrons. The fraction of sp³-hybridized carbons (Fsp3) is 0.611. The minimum absolute atomic E-state index is 0. The van der Waals surface area contributed by atoms with E-state index in [0.29, 0.717) is 18.6 Å². The van der Waals surface area contributed by atoms with E-state index in [0.717, 1.165) is 49.3 Å². The van der Waals surface area contributed by atoms with Crippen LogP contribution in [0.4, 0.5) is 0 Å². The molecule has 1 fully saturated rings. The zero-order chi connectivity index (χ0) is 16.5. The van der Waals surface area contributed by atoms with E-state index in [1.165, 1.54) is 12.8 Å². The summed E-state index contributed by atoms with van der Waals surface area (Å²) in [5.74, 6) is 2.08. The van der Waals surface area contributed by atoms with Crippen LogP contribution in [0.25, 0.3) is 0 Å². The van der Waals surface area contributed by atoms with Gasteiger partial charge < -0.3 is 20.5 Å². The highest BCUT2D eigenvalue weighted by atomic mass is 127. The number of benzene rings is 1. The van der Waals surface area contributed by atoms with Gasteiger partial charge in [0, 0.05) is 6.54 Å². The number of rotatable bonds is 8. The summed E-state index contributed by atoms with van der Waals surface area (Å²) in [4.78, 5) is 4.38. The standard InChI is InChI=1S/C18H29N3O2.HI/c1-3-4-11-20-18(19)21-13-14-9-10-16(22-2)17(12-14)23-15-7-5-6-8-15;/h9-10,12,15H,3-8,11,13H2,1-2H3,(H3,19,20,21);1H. The number of methoxy groups -OCH3 is 1. The first-order valence-corrected chi connectivity index (χ1v) is 8.60. The summed E-state index contributed by atoms with van der Waals surface area (Å²) >= 11 is 0. The Labute approximate surface area is 162 Å². The molecule has 0 amide bonds. The average molecular weight is 447 g/mol. The quantitative estimate of drug-likeness (QED) is 0.275. The number of ether oxygens (including phenoxy) is 2. The molecule has 1 aromatic carbocycles. The van der Waals surface area contributed by atoms with Crippen LogP contribution in [0.3, 0.4) is 0 Å². The van der Waals surface area contributed by atoms with Gasteiger partial charge in [0.15, 0.2) is 17.5 Å². The Morgan fingerprint density at radius 3 is 2.71 bits per heavy atom. The van der Waals surface area contributed by atoms with E-state index >= 15 is 0 Å². The molecular weight excluding hydrogens is 417 g/mol. The van der Waals surface area contributed by atoms with Crippen molar-refractivity contribution in [2.75, 3.05) is 13.7 Å². The molecule has 0 aliphatic heterocycles. The van der Waals surface area contributed by atoms with E-state index in [4.69, 9.17) is 15.2 Å². The topological polar surface area (TPSA) is 68.9 Å². The number of hydrogen-bond acceptors (Lipinski definition) is 3. The Hall–Kier alpha value is -1.18. The molecule has 24 heavy (non-hydrogen) atoms. The summed E-state index contributed by atoms with van der Waals surface area (Å²) in [6.07, 6.45) is 7.29. The van der Waals surface area contributed by atoms with E-state index in [9.17, 15) is 0 Å². The molecule has 1 aromatic rings. The van der Waals surface area contributed by atoms with Crippen molar-refractivity contribution in [3.63, 3.8) is 0 Å². The lowest BCUT2D eigenvalue weighted by Crippen LogP contribution is -2.32. The maximum absolute atomic E-state index is 6.10. The highest BCUT2D eigenvalue weighted by Crippen LogP contribution is 2.32. The minimum Gasteiger partial charge on any atom is -0.493 e. The highest BCUT2D eigenvalue weighted by Gasteiger charge is 2.18. The van der Waals surface area contributed by atoms with Gasteiger partial charge in [-0.25, -0.2) is 4.99 Å². The molecular formula is C18H30IN3O2. The lowest BCUT2D eigenvalue weighted by molar-refractivity contribution is 0.200. The van der Waals surface area contributed by atoms with Gasteiger partial charge in [0.1, 0.15) is 0 Å². The van der Waals surface area contributed by atoms with Crippen molar-refractivity contribution in [3.8, 4) is 11.5 Å². The van der Waals surface area contributed by atoms with E-state index in [2.05, 4.69) is 17.2 Å². The van der Waals surface area contributed by atoms with Crippen LogP contribution in [-0.2, 0) is 6.54 Å². The molecule has 2 rings (SSSR count). The molecule has 0 heterocycles. The highest BCUT2D eigenvalue weighted by molar-refractivity contribution is 14.0. The van der Waals surface area contributed by atoms with Gasteiger partial charge in [0.05, 0.1) is 19.8 Å². The van der Waals surface area contributed by atoms with Gasteiger partial charge in [-0.1, -0.05) is 19.4 Å². The predicted octanol–water partition coefficient (Wildman–Crippen LogP) is 3.84. The third-order valence-corrected chi connectivity index (χ3v) is 4.09. The average Bonchev–Trinajstić information content (AvgIpc) is 3.06. The lowest BCUT2D eigenvalue weighted by atomic mass is 10.2. The number of nitrogens with two attached hydrogens (primary N) is 1. The van der Waals surface area contributed by atoms with Crippen LogP contribution >= 0.6 is 24.0 Å². The van der Waals surface area contributed by atoms with E-state index in [1.54, 1.807) is 7.11 Å². The summed E-state index contributed by atoms with van der Waals surface area (Å²) < 4.78 is 11.5. The second-order valence-corrected chi connectivity index (χ2v) is 5.99. The Kier molecular flexibility index (Phi) is 9.90. The van der Waals surface area contributed by atoms with Crippen molar-refractivity contribution < 1.29 is 9.47 Å². The molecule has 0 saturated heterocycles. The maximum Gasteiger partial charge on any atom is 0.188 e. The van der Waals surface area contributed by atoms with E-state index in [-0.39, 0.29) is 24.0 Å². The SMILES string of the molecule is CCCCNC(N)=NCc1ccc(OC)c(OC2CCCC2)c1.I. The molecule has 0 bridgehead atoms. The van der Waals surface area contributed by atoms with Gasteiger partial charge in [-0.15, -0.1) is 24.0 Å². The van der Waals surface area contributed by atoms with Gasteiger partial charge in [0.25, 0.3) is 0 Å². The van der Waals surface area contributed by atoms with E-state index < -0.39 is 0 Å². The Balaban J connectivity index is 0.00000288. The van der Waals surface area contributed by atoms with Gasteiger partial charge in [-0.05, 0) is 49.8 Å². The Bertz CT molecular complexity index is 517. The molecule has 0 spiro atoms. The summed E-state index contributed by atoms with van der Waals surface area (Å²) in [7, 11) is 1.67. The van der Waals surface area contributed by atoms with Gasteiger partial charge in [-0.3, -0.25) is 0 Å². The molecule has 0 unspecified atom stereocenters. The van der Waals surface area contributed by atoms with Crippen LogP contribution in [0.5, 0.6) is 11.5 Å². The molecule has 1 aliphatic carbocycles. The molecule has 3 N–H and O–H groups in total. The summed E-state index contributed by atoms with van der Waals surface area (Å²) in [5.41, 5.74) is 6.94. The zero-order valence-electron chi connectivity index (χ0n) is 14.7. The number of aliphatic imine (C=N–C) groups is 1. The maximum atomic E-state index is 6.10. The second-order valence-electron chi connectivity index (χ2n) is 5.99. The number of hydrogen-bond donors (Lipinski definition) is 2. The molecule has 1 saturated carbocycles. The monoisotopic (exact) mass is 447 g/mol. The predicted molar refractivity (Wildman–Crippen MR) is 110 cm³/mol. The van der Waals surface area contributed by atoms with Crippen molar-refractivity contribution in [1.82, 2.24) is 5.32 Å². The van der Waals surface area contributed by atoms with Crippen LogP contribution in [0.1, 0.15) is 51.0 Å². The van der Waals surface area contributed by atoms with Crippen molar-refractivity contribution in [2.45, 2.75) is 58.1 Å². The summed E-state index contributed by atoms with van der Waals surface area (Å²) in [6.45, 7) is 3.55. The van der Waals surface area contributed by atoms with Crippen LogP contribution in [-0.4, -0.2) is 25.7 Å². The smallest absolute Gasteiger partial charge is 0.188 e. The van der Waals surface area contributed by atoms with Crippen molar-refractivity contribution in [1.29, 1.82) is 0 Å². The first kappa shape index (κ1) is 20.9. The Morgan fingerprint density at radius 2 is 2.04 bits per heavy atom.